The summed E-state index contributed by atoms with van der Waals surface area (Å²) in [6.45, 7) is 1.42. The molecule has 1 aromatic carbocycles. The molecular formula is C21H26N2O3. The van der Waals surface area contributed by atoms with E-state index >= 15 is 0 Å². The Morgan fingerprint density at radius 2 is 2.15 bits per heavy atom. The molecule has 1 aliphatic heterocycles. The summed E-state index contributed by atoms with van der Waals surface area (Å²) in [5.41, 5.74) is 3.30. The highest BCUT2D eigenvalue weighted by Gasteiger charge is 2.45. The fraction of sp³-hybridized carbons (Fsp3) is 0.619. The van der Waals surface area contributed by atoms with E-state index in [-0.39, 0.29) is 11.5 Å². The third-order valence-corrected chi connectivity index (χ3v) is 6.21. The third-order valence-electron chi connectivity index (χ3n) is 6.21. The van der Waals surface area contributed by atoms with Crippen LogP contribution in [-0.2, 0) is 15.9 Å². The molecule has 2 aliphatic carbocycles. The molecule has 1 aromatic rings. The summed E-state index contributed by atoms with van der Waals surface area (Å²) in [5, 5.41) is 9.27. The summed E-state index contributed by atoms with van der Waals surface area (Å²) < 4.78 is 17.1. The quantitative estimate of drug-likeness (QED) is 0.774. The van der Waals surface area contributed by atoms with Crippen LogP contribution in [0.5, 0.6) is 5.75 Å². The molecule has 4 rings (SSSR count). The van der Waals surface area contributed by atoms with Gasteiger partial charge in [0, 0.05) is 24.7 Å². The minimum Gasteiger partial charge on any atom is -0.491 e. The molecular weight excluding hydrogens is 328 g/mol. The lowest BCUT2D eigenvalue weighted by molar-refractivity contribution is 0.0468. The Labute approximate surface area is 155 Å². The highest BCUT2D eigenvalue weighted by molar-refractivity contribution is 6.09. The van der Waals surface area contributed by atoms with Crippen molar-refractivity contribution in [3.05, 3.63) is 29.3 Å². The van der Waals surface area contributed by atoms with Gasteiger partial charge in [-0.3, -0.25) is 0 Å². The Morgan fingerprint density at radius 3 is 2.85 bits per heavy atom. The number of fused-ring (bicyclic) bond motifs is 1. The standard InChI is InChI=1S/C21H26N2O3/c1-24-16-6-8-21(9-7-16)12-15-4-5-17(11-19(15)20(21)23-14-22)26-13-18-3-2-10-25-18/h4-5,11,16,18H,2-3,6-10,12-13H2,1H3. The van der Waals surface area contributed by atoms with Crippen LogP contribution in [0.25, 0.3) is 0 Å². The fourth-order valence-electron chi connectivity index (χ4n) is 4.74. The molecule has 5 nitrogen and oxygen atoms in total. The molecule has 1 saturated heterocycles. The van der Waals surface area contributed by atoms with Gasteiger partial charge in [0.15, 0.2) is 0 Å². The van der Waals surface area contributed by atoms with E-state index in [0.717, 1.165) is 68.6 Å². The maximum absolute atomic E-state index is 9.27. The van der Waals surface area contributed by atoms with Gasteiger partial charge in [-0.2, -0.15) is 10.3 Å². The van der Waals surface area contributed by atoms with E-state index in [9.17, 15) is 5.26 Å². The van der Waals surface area contributed by atoms with Gasteiger partial charge in [0.2, 0.25) is 6.19 Å². The minimum atomic E-state index is -0.0136. The van der Waals surface area contributed by atoms with Crippen molar-refractivity contribution in [1.29, 1.82) is 5.26 Å². The average Bonchev–Trinajstić information content (AvgIpc) is 3.28. The van der Waals surface area contributed by atoms with E-state index in [4.69, 9.17) is 14.2 Å². The topological polar surface area (TPSA) is 63.8 Å². The molecule has 2 fully saturated rings. The number of nitrogens with zero attached hydrogens (tertiary/aromatic N) is 2. The first-order valence-electron chi connectivity index (χ1n) is 9.62. The smallest absolute Gasteiger partial charge is 0.205 e. The molecule has 0 N–H and O–H groups in total. The number of ether oxygens (including phenoxy) is 3. The van der Waals surface area contributed by atoms with Crippen LogP contribution >= 0.6 is 0 Å². The second-order valence-corrected chi connectivity index (χ2v) is 7.72. The van der Waals surface area contributed by atoms with Crippen molar-refractivity contribution in [2.24, 2.45) is 10.4 Å². The summed E-state index contributed by atoms with van der Waals surface area (Å²) in [6.07, 6.45) is 9.80. The monoisotopic (exact) mass is 354 g/mol. The SMILES string of the molecule is COC1CCC2(CC1)Cc1ccc(OCC3CCCO3)cc1C2=NC#N. The van der Waals surface area contributed by atoms with Crippen LogP contribution in [0.15, 0.2) is 23.2 Å². The predicted octanol–water partition coefficient (Wildman–Crippen LogP) is 3.65. The van der Waals surface area contributed by atoms with Crippen molar-refractivity contribution in [3.63, 3.8) is 0 Å². The van der Waals surface area contributed by atoms with E-state index in [2.05, 4.69) is 17.1 Å². The molecule has 0 aromatic heterocycles. The lowest BCUT2D eigenvalue weighted by atomic mass is 9.70. The molecule has 0 amide bonds. The van der Waals surface area contributed by atoms with Gasteiger partial charge in [-0.25, -0.2) is 0 Å². The van der Waals surface area contributed by atoms with Gasteiger partial charge in [0.25, 0.3) is 0 Å². The zero-order chi connectivity index (χ0) is 18.0. The zero-order valence-electron chi connectivity index (χ0n) is 15.4. The number of aliphatic imine (C=N–C) groups is 1. The molecule has 3 aliphatic rings. The van der Waals surface area contributed by atoms with Crippen LogP contribution in [0.1, 0.15) is 49.7 Å². The second kappa shape index (κ2) is 7.38. The number of hydrogen-bond acceptors (Lipinski definition) is 5. The fourth-order valence-corrected chi connectivity index (χ4v) is 4.74. The molecule has 1 heterocycles. The lowest BCUT2D eigenvalue weighted by Crippen LogP contribution is -2.35. The highest BCUT2D eigenvalue weighted by Crippen LogP contribution is 2.48. The summed E-state index contributed by atoms with van der Waals surface area (Å²) in [5.74, 6) is 0.840. The first-order valence-corrected chi connectivity index (χ1v) is 9.62. The molecule has 0 radical (unpaired) electrons. The molecule has 1 saturated carbocycles. The minimum absolute atomic E-state index is 0.0136. The zero-order valence-corrected chi connectivity index (χ0v) is 15.4. The Bertz CT molecular complexity index is 723. The predicted molar refractivity (Wildman–Crippen MR) is 98.5 cm³/mol. The van der Waals surface area contributed by atoms with Crippen LogP contribution in [0.2, 0.25) is 0 Å². The number of nitriles is 1. The number of methoxy groups -OCH3 is 1. The molecule has 5 heteroatoms. The van der Waals surface area contributed by atoms with E-state index in [1.165, 1.54) is 5.56 Å². The van der Waals surface area contributed by atoms with Crippen molar-refractivity contribution in [1.82, 2.24) is 0 Å². The van der Waals surface area contributed by atoms with Crippen molar-refractivity contribution < 1.29 is 14.2 Å². The highest BCUT2D eigenvalue weighted by atomic mass is 16.5. The normalized spacial score (nSPS) is 31.9. The molecule has 138 valence electrons. The molecule has 26 heavy (non-hydrogen) atoms. The van der Waals surface area contributed by atoms with E-state index in [0.29, 0.717) is 12.7 Å². The lowest BCUT2D eigenvalue weighted by Gasteiger charge is -2.36. The Morgan fingerprint density at radius 1 is 1.31 bits per heavy atom. The van der Waals surface area contributed by atoms with Gasteiger partial charge < -0.3 is 14.2 Å². The summed E-state index contributed by atoms with van der Waals surface area (Å²) in [6, 6.07) is 6.25. The van der Waals surface area contributed by atoms with E-state index < -0.39 is 0 Å². The van der Waals surface area contributed by atoms with Gasteiger partial charge in [-0.05, 0) is 62.6 Å². The van der Waals surface area contributed by atoms with Crippen molar-refractivity contribution in [2.75, 3.05) is 20.3 Å². The third kappa shape index (κ3) is 3.24. The number of rotatable bonds is 4. The van der Waals surface area contributed by atoms with Crippen molar-refractivity contribution in [2.45, 2.75) is 57.2 Å². The number of hydrogen-bond donors (Lipinski definition) is 0. The van der Waals surface area contributed by atoms with Crippen molar-refractivity contribution in [3.8, 4) is 11.9 Å². The summed E-state index contributed by atoms with van der Waals surface area (Å²) in [7, 11) is 1.79. The summed E-state index contributed by atoms with van der Waals surface area (Å²) >= 11 is 0. The van der Waals surface area contributed by atoms with Crippen LogP contribution in [0, 0.1) is 16.9 Å². The Hall–Kier alpha value is -1.90. The maximum atomic E-state index is 9.27. The van der Waals surface area contributed by atoms with Crippen LogP contribution in [0.3, 0.4) is 0 Å². The van der Waals surface area contributed by atoms with Crippen LogP contribution in [0.4, 0.5) is 0 Å². The van der Waals surface area contributed by atoms with Gasteiger partial charge in [-0.15, -0.1) is 0 Å². The van der Waals surface area contributed by atoms with E-state index in [1.54, 1.807) is 7.11 Å². The maximum Gasteiger partial charge on any atom is 0.205 e. The first kappa shape index (κ1) is 17.5. The Balaban J connectivity index is 1.54. The average molecular weight is 354 g/mol. The second-order valence-electron chi connectivity index (χ2n) is 7.72. The van der Waals surface area contributed by atoms with Gasteiger partial charge >= 0.3 is 0 Å². The van der Waals surface area contributed by atoms with Crippen molar-refractivity contribution >= 4 is 5.71 Å². The van der Waals surface area contributed by atoms with Crippen LogP contribution in [-0.4, -0.2) is 38.2 Å². The molecule has 0 bridgehead atoms. The molecule has 1 atom stereocenters. The number of benzene rings is 1. The van der Waals surface area contributed by atoms with E-state index in [1.807, 2.05) is 12.3 Å². The van der Waals surface area contributed by atoms with Gasteiger partial charge in [0.05, 0.1) is 17.9 Å². The Kier molecular flexibility index (Phi) is 4.97. The largest absolute Gasteiger partial charge is 0.491 e. The van der Waals surface area contributed by atoms with Gasteiger partial charge in [0.1, 0.15) is 12.4 Å². The molecule has 1 unspecified atom stereocenters. The first-order chi connectivity index (χ1) is 12.7. The molecule has 1 spiro atoms. The summed E-state index contributed by atoms with van der Waals surface area (Å²) in [4.78, 5) is 4.27. The van der Waals surface area contributed by atoms with Crippen LogP contribution < -0.4 is 4.74 Å². The van der Waals surface area contributed by atoms with Gasteiger partial charge in [-0.1, -0.05) is 6.07 Å².